The van der Waals surface area contributed by atoms with Crippen molar-refractivity contribution in [2.45, 2.75) is 19.9 Å². The second-order valence-electron chi connectivity index (χ2n) is 5.65. The van der Waals surface area contributed by atoms with E-state index in [2.05, 4.69) is 5.32 Å². The van der Waals surface area contributed by atoms with Gasteiger partial charge in [-0.3, -0.25) is 9.59 Å². The Morgan fingerprint density at radius 1 is 1.08 bits per heavy atom. The molecular weight excluding hydrogens is 346 g/mol. The minimum atomic E-state index is -0.365. The summed E-state index contributed by atoms with van der Waals surface area (Å²) in [7, 11) is 0. The zero-order valence-corrected chi connectivity index (χ0v) is 14.9. The van der Waals surface area contributed by atoms with Gasteiger partial charge in [0.25, 0.3) is 0 Å². The Morgan fingerprint density at radius 3 is 2.28 bits per heavy atom. The van der Waals surface area contributed by atoms with Gasteiger partial charge in [-0.25, -0.2) is 4.79 Å². The van der Waals surface area contributed by atoms with Gasteiger partial charge in [0.2, 0.25) is 11.8 Å². The van der Waals surface area contributed by atoms with Crippen molar-refractivity contribution in [2.24, 2.45) is 0 Å². The SMILES string of the molecule is CCOC(=O)N1CCN(C(=O)CC(=O)NCc2ccc(Cl)cc2)CC1. The van der Waals surface area contributed by atoms with E-state index in [1.807, 2.05) is 12.1 Å². The summed E-state index contributed by atoms with van der Waals surface area (Å²) in [6.45, 7) is 4.06. The van der Waals surface area contributed by atoms with Gasteiger partial charge in [0.1, 0.15) is 6.42 Å². The standard InChI is InChI=1S/C17H22ClN3O4/c1-2-25-17(24)21-9-7-20(8-10-21)16(23)11-15(22)19-12-13-3-5-14(18)6-4-13/h3-6H,2,7-12H2,1H3,(H,19,22). The lowest BCUT2D eigenvalue weighted by Crippen LogP contribution is -2.51. The molecule has 0 atom stereocenters. The summed E-state index contributed by atoms with van der Waals surface area (Å²) in [5.41, 5.74) is 0.910. The summed E-state index contributed by atoms with van der Waals surface area (Å²) in [6, 6.07) is 7.13. The van der Waals surface area contributed by atoms with Gasteiger partial charge in [-0.15, -0.1) is 0 Å². The number of amides is 3. The Morgan fingerprint density at radius 2 is 1.68 bits per heavy atom. The van der Waals surface area contributed by atoms with E-state index in [1.54, 1.807) is 28.9 Å². The number of rotatable bonds is 5. The van der Waals surface area contributed by atoms with Crippen LogP contribution < -0.4 is 5.32 Å². The van der Waals surface area contributed by atoms with Crippen LogP contribution in [0.5, 0.6) is 0 Å². The van der Waals surface area contributed by atoms with Crippen LogP contribution in [0.15, 0.2) is 24.3 Å². The molecule has 0 aliphatic carbocycles. The van der Waals surface area contributed by atoms with Crippen LogP contribution in [0.25, 0.3) is 0 Å². The van der Waals surface area contributed by atoms with Crippen molar-refractivity contribution in [1.82, 2.24) is 15.1 Å². The molecule has 0 spiro atoms. The van der Waals surface area contributed by atoms with Crippen LogP contribution in [0.2, 0.25) is 5.02 Å². The van der Waals surface area contributed by atoms with E-state index in [-0.39, 0.29) is 24.3 Å². The third kappa shape index (κ3) is 5.94. The first-order valence-corrected chi connectivity index (χ1v) is 8.58. The molecule has 0 aromatic heterocycles. The molecule has 1 aliphatic heterocycles. The number of hydrogen-bond donors (Lipinski definition) is 1. The van der Waals surface area contributed by atoms with E-state index in [0.29, 0.717) is 44.4 Å². The van der Waals surface area contributed by atoms with Crippen molar-refractivity contribution in [3.8, 4) is 0 Å². The fraction of sp³-hybridized carbons (Fsp3) is 0.471. The average molecular weight is 368 g/mol. The highest BCUT2D eigenvalue weighted by molar-refractivity contribution is 6.30. The van der Waals surface area contributed by atoms with Crippen molar-refractivity contribution in [2.75, 3.05) is 32.8 Å². The highest BCUT2D eigenvalue weighted by atomic mass is 35.5. The fourth-order valence-corrected chi connectivity index (χ4v) is 2.59. The van der Waals surface area contributed by atoms with Crippen LogP contribution >= 0.6 is 11.6 Å². The summed E-state index contributed by atoms with van der Waals surface area (Å²) in [5.74, 6) is -0.565. The zero-order chi connectivity index (χ0) is 18.2. The highest BCUT2D eigenvalue weighted by Crippen LogP contribution is 2.09. The number of carbonyl (C=O) groups excluding carboxylic acids is 3. The highest BCUT2D eigenvalue weighted by Gasteiger charge is 2.25. The number of nitrogens with one attached hydrogen (secondary N) is 1. The molecule has 7 nitrogen and oxygen atoms in total. The van der Waals surface area contributed by atoms with Crippen molar-refractivity contribution in [1.29, 1.82) is 0 Å². The van der Waals surface area contributed by atoms with Crippen LogP contribution in [-0.4, -0.2) is 60.5 Å². The number of ether oxygens (including phenoxy) is 1. The zero-order valence-electron chi connectivity index (χ0n) is 14.2. The molecular formula is C17H22ClN3O4. The van der Waals surface area contributed by atoms with E-state index in [1.165, 1.54) is 0 Å². The topological polar surface area (TPSA) is 79.0 Å². The van der Waals surface area contributed by atoms with E-state index < -0.39 is 0 Å². The molecule has 0 saturated carbocycles. The van der Waals surface area contributed by atoms with E-state index in [9.17, 15) is 14.4 Å². The predicted molar refractivity (Wildman–Crippen MR) is 93.1 cm³/mol. The van der Waals surface area contributed by atoms with E-state index >= 15 is 0 Å². The summed E-state index contributed by atoms with van der Waals surface area (Å²) in [5, 5.41) is 3.35. The number of nitrogens with zero attached hydrogens (tertiary/aromatic N) is 2. The largest absolute Gasteiger partial charge is 0.450 e. The van der Waals surface area contributed by atoms with Gasteiger partial charge < -0.3 is 19.9 Å². The maximum atomic E-state index is 12.2. The molecule has 1 aromatic rings. The van der Waals surface area contributed by atoms with Crippen LogP contribution in [-0.2, 0) is 20.9 Å². The van der Waals surface area contributed by atoms with Gasteiger partial charge in [0, 0.05) is 37.7 Å². The van der Waals surface area contributed by atoms with Gasteiger partial charge in [0.05, 0.1) is 6.61 Å². The lowest BCUT2D eigenvalue weighted by atomic mass is 10.2. The molecule has 1 fully saturated rings. The second kappa shape index (κ2) is 9.27. The first-order chi connectivity index (χ1) is 12.0. The van der Waals surface area contributed by atoms with Gasteiger partial charge in [-0.2, -0.15) is 0 Å². The smallest absolute Gasteiger partial charge is 0.409 e. The summed E-state index contributed by atoms with van der Waals surface area (Å²) in [6.07, 6.45) is -0.567. The maximum Gasteiger partial charge on any atom is 0.409 e. The summed E-state index contributed by atoms with van der Waals surface area (Å²) >= 11 is 5.81. The predicted octanol–water partition coefficient (Wildman–Crippen LogP) is 1.65. The van der Waals surface area contributed by atoms with Crippen molar-refractivity contribution in [3.63, 3.8) is 0 Å². The lowest BCUT2D eigenvalue weighted by molar-refractivity contribution is -0.137. The molecule has 1 N–H and O–H groups in total. The number of piperazine rings is 1. The van der Waals surface area contributed by atoms with E-state index in [4.69, 9.17) is 16.3 Å². The molecule has 136 valence electrons. The van der Waals surface area contributed by atoms with Crippen LogP contribution in [0.3, 0.4) is 0 Å². The molecule has 1 saturated heterocycles. The quantitative estimate of drug-likeness (QED) is 0.802. The van der Waals surface area contributed by atoms with Crippen molar-refractivity contribution < 1.29 is 19.1 Å². The van der Waals surface area contributed by atoms with Gasteiger partial charge in [-0.05, 0) is 24.6 Å². The van der Waals surface area contributed by atoms with Crippen LogP contribution in [0.1, 0.15) is 18.9 Å². The Hall–Kier alpha value is -2.28. The molecule has 8 heteroatoms. The van der Waals surface area contributed by atoms with Gasteiger partial charge >= 0.3 is 6.09 Å². The molecule has 1 aromatic carbocycles. The minimum absolute atomic E-state index is 0.201. The van der Waals surface area contributed by atoms with E-state index in [0.717, 1.165) is 5.56 Å². The third-order valence-electron chi connectivity index (χ3n) is 3.87. The first-order valence-electron chi connectivity index (χ1n) is 8.20. The summed E-state index contributed by atoms with van der Waals surface area (Å²) in [4.78, 5) is 38.9. The van der Waals surface area contributed by atoms with Crippen LogP contribution in [0, 0.1) is 0 Å². The molecule has 25 heavy (non-hydrogen) atoms. The second-order valence-corrected chi connectivity index (χ2v) is 6.08. The Kier molecular flexibility index (Phi) is 7.06. The molecule has 1 aliphatic rings. The number of benzene rings is 1. The number of halogens is 1. The monoisotopic (exact) mass is 367 g/mol. The lowest BCUT2D eigenvalue weighted by Gasteiger charge is -2.34. The fourth-order valence-electron chi connectivity index (χ4n) is 2.47. The van der Waals surface area contributed by atoms with Gasteiger partial charge in [0.15, 0.2) is 0 Å². The normalized spacial score (nSPS) is 14.2. The molecule has 0 radical (unpaired) electrons. The maximum absolute atomic E-state index is 12.2. The third-order valence-corrected chi connectivity index (χ3v) is 4.13. The summed E-state index contributed by atoms with van der Waals surface area (Å²) < 4.78 is 4.93. The molecule has 3 amide bonds. The molecule has 0 unspecified atom stereocenters. The number of hydrogen-bond acceptors (Lipinski definition) is 4. The Balaban J connectivity index is 1.72. The molecule has 2 rings (SSSR count). The van der Waals surface area contributed by atoms with Crippen molar-refractivity contribution in [3.05, 3.63) is 34.9 Å². The molecule has 0 bridgehead atoms. The minimum Gasteiger partial charge on any atom is -0.450 e. The van der Waals surface area contributed by atoms with Crippen LogP contribution in [0.4, 0.5) is 4.79 Å². The Bertz CT molecular complexity index is 613. The molecule has 1 heterocycles. The average Bonchev–Trinajstić information content (AvgIpc) is 2.61. The van der Waals surface area contributed by atoms with Crippen molar-refractivity contribution >= 4 is 29.5 Å². The van der Waals surface area contributed by atoms with Gasteiger partial charge in [-0.1, -0.05) is 23.7 Å². The number of carbonyl (C=O) groups is 3. The Labute approximate surface area is 151 Å². The first kappa shape index (κ1) is 19.1.